The average Bonchev–Trinajstić information content (AvgIpc) is 3.14. The molecule has 2 aromatic carbocycles. The Labute approximate surface area is 177 Å². The molecule has 1 atom stereocenters. The van der Waals surface area contributed by atoms with Gasteiger partial charge in [-0.25, -0.2) is 4.68 Å². The van der Waals surface area contributed by atoms with E-state index in [1.807, 2.05) is 54.6 Å². The number of aromatic nitrogens is 4. The Bertz CT molecular complexity index is 1190. The number of nitrogens with zero attached hydrogens (tertiary/aromatic N) is 4. The van der Waals surface area contributed by atoms with Crippen LogP contribution in [0.3, 0.4) is 0 Å². The van der Waals surface area contributed by atoms with E-state index < -0.39 is 5.25 Å². The number of carbonyl (C=O) groups is 1. The van der Waals surface area contributed by atoms with Gasteiger partial charge in [-0.2, -0.15) is 0 Å². The Morgan fingerprint density at radius 1 is 1.13 bits per heavy atom. The van der Waals surface area contributed by atoms with Crippen LogP contribution in [0.5, 0.6) is 5.75 Å². The highest BCUT2D eigenvalue weighted by atomic mass is 32.2. The molecular weight excluding hydrogens is 400 g/mol. The summed E-state index contributed by atoms with van der Waals surface area (Å²) < 4.78 is 6.56. The number of methoxy groups -OCH3 is 1. The fourth-order valence-electron chi connectivity index (χ4n) is 2.95. The molecule has 0 aliphatic carbocycles. The Balaban J connectivity index is 1.49. The van der Waals surface area contributed by atoms with Crippen LogP contribution in [0, 0.1) is 0 Å². The zero-order valence-electron chi connectivity index (χ0n) is 16.4. The molecule has 0 fully saturated rings. The van der Waals surface area contributed by atoms with Crippen molar-refractivity contribution in [2.75, 3.05) is 18.3 Å². The number of benzene rings is 2. The maximum Gasteiger partial charge on any atom is 0.237 e. The minimum Gasteiger partial charge on any atom is -0.497 e. The predicted molar refractivity (Wildman–Crippen MR) is 118 cm³/mol. The molecular formula is C21H20N6O2S. The average molecular weight is 420 g/mol. The summed E-state index contributed by atoms with van der Waals surface area (Å²) in [6, 6.07) is 16.7. The molecule has 0 spiro atoms. The lowest BCUT2D eigenvalue weighted by molar-refractivity contribution is -0.115. The molecule has 4 rings (SSSR count). The number of nitrogens with two attached hydrogens (primary N) is 1. The van der Waals surface area contributed by atoms with Gasteiger partial charge < -0.3 is 15.9 Å². The second kappa shape index (κ2) is 8.42. The second-order valence-corrected chi connectivity index (χ2v) is 7.84. The summed E-state index contributed by atoms with van der Waals surface area (Å²) in [5.74, 6) is 7.27. The Morgan fingerprint density at radius 3 is 2.70 bits per heavy atom. The molecule has 4 aromatic rings. The maximum absolute atomic E-state index is 12.8. The van der Waals surface area contributed by atoms with Gasteiger partial charge in [-0.15, -0.1) is 10.2 Å². The number of hydrogen-bond acceptors (Lipinski definition) is 7. The molecule has 3 N–H and O–H groups in total. The monoisotopic (exact) mass is 420 g/mol. The summed E-state index contributed by atoms with van der Waals surface area (Å²) in [5, 5.41) is 12.2. The van der Waals surface area contributed by atoms with Crippen LogP contribution >= 0.6 is 11.8 Å². The number of thioether (sulfide) groups is 1. The molecule has 1 amide bonds. The molecule has 1 unspecified atom stereocenters. The normalized spacial score (nSPS) is 11.9. The van der Waals surface area contributed by atoms with Crippen LogP contribution < -0.4 is 15.9 Å². The van der Waals surface area contributed by atoms with Crippen molar-refractivity contribution in [3.63, 3.8) is 0 Å². The molecule has 2 aromatic heterocycles. The van der Waals surface area contributed by atoms with Crippen LogP contribution in [0.2, 0.25) is 0 Å². The SMILES string of the molecule is COc1ccc(-c2nnc(SC(C)C(=O)Nc3cccc4ncccc34)n2N)cc1. The minimum atomic E-state index is -0.438. The van der Waals surface area contributed by atoms with Gasteiger partial charge in [-0.05, 0) is 55.5 Å². The van der Waals surface area contributed by atoms with E-state index in [1.54, 1.807) is 20.2 Å². The van der Waals surface area contributed by atoms with Gasteiger partial charge in [-0.1, -0.05) is 17.8 Å². The van der Waals surface area contributed by atoms with Crippen molar-refractivity contribution in [3.8, 4) is 17.1 Å². The van der Waals surface area contributed by atoms with Crippen molar-refractivity contribution in [1.29, 1.82) is 0 Å². The van der Waals surface area contributed by atoms with Crippen molar-refractivity contribution in [3.05, 3.63) is 60.8 Å². The number of nitrogens with one attached hydrogen (secondary N) is 1. The third-order valence-corrected chi connectivity index (χ3v) is 5.62. The van der Waals surface area contributed by atoms with E-state index in [9.17, 15) is 4.79 Å². The molecule has 0 radical (unpaired) electrons. The fraction of sp³-hybridized carbons (Fsp3) is 0.143. The first-order valence-electron chi connectivity index (χ1n) is 9.23. The topological polar surface area (TPSA) is 108 Å². The summed E-state index contributed by atoms with van der Waals surface area (Å²) in [6.45, 7) is 1.80. The number of fused-ring (bicyclic) bond motifs is 1. The third kappa shape index (κ3) is 3.92. The number of hydrogen-bond donors (Lipinski definition) is 2. The smallest absolute Gasteiger partial charge is 0.237 e. The fourth-order valence-corrected chi connectivity index (χ4v) is 3.72. The largest absolute Gasteiger partial charge is 0.497 e. The van der Waals surface area contributed by atoms with Crippen LogP contribution in [-0.4, -0.2) is 38.1 Å². The summed E-state index contributed by atoms with van der Waals surface area (Å²) in [7, 11) is 1.61. The summed E-state index contributed by atoms with van der Waals surface area (Å²) in [6.07, 6.45) is 1.72. The highest BCUT2D eigenvalue weighted by Gasteiger charge is 2.20. The van der Waals surface area contributed by atoms with Crippen molar-refractivity contribution in [1.82, 2.24) is 19.9 Å². The minimum absolute atomic E-state index is 0.162. The lowest BCUT2D eigenvalue weighted by Gasteiger charge is -2.13. The number of carbonyl (C=O) groups excluding carboxylic acids is 1. The van der Waals surface area contributed by atoms with Gasteiger partial charge >= 0.3 is 0 Å². The van der Waals surface area contributed by atoms with Gasteiger partial charge in [0, 0.05) is 17.1 Å². The molecule has 9 heteroatoms. The van der Waals surface area contributed by atoms with Gasteiger partial charge in [0.1, 0.15) is 5.75 Å². The van der Waals surface area contributed by atoms with E-state index in [0.717, 1.165) is 22.2 Å². The number of nitrogen functional groups attached to an aromatic ring is 1. The first-order valence-corrected chi connectivity index (χ1v) is 10.1. The zero-order chi connectivity index (χ0) is 21.1. The molecule has 0 aliphatic heterocycles. The first-order chi connectivity index (χ1) is 14.6. The highest BCUT2D eigenvalue weighted by molar-refractivity contribution is 8.00. The molecule has 0 aliphatic rings. The van der Waals surface area contributed by atoms with Gasteiger partial charge in [0.25, 0.3) is 0 Å². The third-order valence-electron chi connectivity index (χ3n) is 4.57. The first kappa shape index (κ1) is 19.7. The van der Waals surface area contributed by atoms with Crippen LogP contribution in [0.15, 0.2) is 66.0 Å². The molecule has 152 valence electrons. The van der Waals surface area contributed by atoms with Gasteiger partial charge in [0.15, 0.2) is 5.82 Å². The van der Waals surface area contributed by atoms with E-state index in [2.05, 4.69) is 20.5 Å². The van der Waals surface area contributed by atoms with Crippen molar-refractivity contribution >= 4 is 34.3 Å². The Hall–Kier alpha value is -3.59. The van der Waals surface area contributed by atoms with E-state index in [4.69, 9.17) is 10.6 Å². The lowest BCUT2D eigenvalue weighted by atomic mass is 10.2. The Morgan fingerprint density at radius 2 is 1.93 bits per heavy atom. The summed E-state index contributed by atoms with van der Waals surface area (Å²) >= 11 is 1.24. The van der Waals surface area contributed by atoms with E-state index >= 15 is 0 Å². The summed E-state index contributed by atoms with van der Waals surface area (Å²) in [5.41, 5.74) is 2.34. The molecule has 0 saturated carbocycles. The van der Waals surface area contributed by atoms with Crippen molar-refractivity contribution in [2.45, 2.75) is 17.3 Å². The summed E-state index contributed by atoms with van der Waals surface area (Å²) in [4.78, 5) is 17.1. The number of ether oxygens (including phenoxy) is 1. The zero-order valence-corrected chi connectivity index (χ0v) is 17.3. The number of rotatable bonds is 6. The molecule has 8 nitrogen and oxygen atoms in total. The van der Waals surface area contributed by atoms with Gasteiger partial charge in [0.05, 0.1) is 23.6 Å². The van der Waals surface area contributed by atoms with Gasteiger partial charge in [0.2, 0.25) is 11.1 Å². The predicted octanol–water partition coefficient (Wildman–Crippen LogP) is 3.34. The molecule has 30 heavy (non-hydrogen) atoms. The number of pyridine rings is 1. The van der Waals surface area contributed by atoms with Crippen LogP contribution in [0.4, 0.5) is 5.69 Å². The van der Waals surface area contributed by atoms with E-state index in [-0.39, 0.29) is 5.91 Å². The number of anilines is 1. The van der Waals surface area contributed by atoms with Crippen LogP contribution in [-0.2, 0) is 4.79 Å². The molecule has 0 bridgehead atoms. The highest BCUT2D eigenvalue weighted by Crippen LogP contribution is 2.27. The Kier molecular flexibility index (Phi) is 5.53. The second-order valence-electron chi connectivity index (χ2n) is 6.53. The van der Waals surface area contributed by atoms with Crippen molar-refractivity contribution in [2.24, 2.45) is 0 Å². The quantitative estimate of drug-likeness (QED) is 0.364. The lowest BCUT2D eigenvalue weighted by Crippen LogP contribution is -2.23. The number of amides is 1. The van der Waals surface area contributed by atoms with Crippen LogP contribution in [0.1, 0.15) is 6.92 Å². The molecule has 0 saturated heterocycles. The molecule has 2 heterocycles. The van der Waals surface area contributed by atoms with Crippen LogP contribution in [0.25, 0.3) is 22.3 Å². The van der Waals surface area contributed by atoms with E-state index in [1.165, 1.54) is 16.4 Å². The van der Waals surface area contributed by atoms with Crippen molar-refractivity contribution < 1.29 is 9.53 Å². The maximum atomic E-state index is 12.8. The standard InChI is InChI=1S/C21H20N6O2S/c1-13(20(28)24-18-7-3-6-17-16(18)5-4-12-23-17)30-21-26-25-19(27(21)22)14-8-10-15(29-2)11-9-14/h3-13H,22H2,1-2H3,(H,24,28). The van der Waals surface area contributed by atoms with Gasteiger partial charge in [-0.3, -0.25) is 9.78 Å². The van der Waals surface area contributed by atoms with E-state index in [0.29, 0.717) is 16.7 Å².